The predicted octanol–water partition coefficient (Wildman–Crippen LogP) is 4.33. The second-order valence-electron chi connectivity index (χ2n) is 6.74. The van der Waals surface area contributed by atoms with Gasteiger partial charge in [-0.15, -0.1) is 0 Å². The van der Waals surface area contributed by atoms with Crippen LogP contribution in [0.4, 0.5) is 0 Å². The summed E-state index contributed by atoms with van der Waals surface area (Å²) in [4.78, 5) is 24.8. The molecule has 0 saturated carbocycles. The summed E-state index contributed by atoms with van der Waals surface area (Å²) in [6, 6.07) is 15.7. The van der Waals surface area contributed by atoms with Crippen molar-refractivity contribution in [1.82, 2.24) is 0 Å². The van der Waals surface area contributed by atoms with E-state index in [9.17, 15) is 9.59 Å². The quantitative estimate of drug-likeness (QED) is 0.261. The van der Waals surface area contributed by atoms with Crippen LogP contribution in [-0.4, -0.2) is 27.3 Å². The predicted molar refractivity (Wildman–Crippen MR) is 115 cm³/mol. The van der Waals surface area contributed by atoms with Crippen LogP contribution in [0, 0.1) is 0 Å². The van der Waals surface area contributed by atoms with E-state index in [-0.39, 0.29) is 12.2 Å². The molecular formula is C24H20O7. The fourth-order valence-corrected chi connectivity index (χ4v) is 3.56. The molecule has 31 heavy (non-hydrogen) atoms. The molecule has 0 N–H and O–H groups in total. The molecule has 0 spiro atoms. The van der Waals surface area contributed by atoms with Crippen molar-refractivity contribution >= 4 is 27.7 Å². The first-order valence-corrected chi connectivity index (χ1v) is 9.47. The molecule has 0 unspecified atom stereocenters. The summed E-state index contributed by atoms with van der Waals surface area (Å²) in [6.45, 7) is -0.106. The van der Waals surface area contributed by atoms with Crippen molar-refractivity contribution in [1.29, 1.82) is 0 Å². The number of carbonyl (C=O) groups is 1. The topological polar surface area (TPSA) is 84.2 Å². The number of hydrogen-bond donors (Lipinski definition) is 0. The second-order valence-corrected chi connectivity index (χ2v) is 6.74. The van der Waals surface area contributed by atoms with E-state index in [4.69, 9.17) is 23.4 Å². The van der Waals surface area contributed by atoms with E-state index in [0.717, 1.165) is 16.2 Å². The highest BCUT2D eigenvalue weighted by Gasteiger charge is 2.19. The van der Waals surface area contributed by atoms with Gasteiger partial charge < -0.3 is 23.4 Å². The number of rotatable bonds is 6. The molecule has 3 aromatic carbocycles. The van der Waals surface area contributed by atoms with Crippen molar-refractivity contribution in [3.05, 3.63) is 76.1 Å². The van der Waals surface area contributed by atoms with Crippen LogP contribution in [0.15, 0.2) is 63.8 Å². The monoisotopic (exact) mass is 420 g/mol. The van der Waals surface area contributed by atoms with E-state index < -0.39 is 11.6 Å². The first-order chi connectivity index (χ1) is 15.0. The Bertz CT molecular complexity index is 1310. The number of esters is 1. The van der Waals surface area contributed by atoms with E-state index in [1.165, 1.54) is 39.5 Å². The fraction of sp³-hybridized carbons (Fsp3) is 0.167. The van der Waals surface area contributed by atoms with Crippen LogP contribution < -0.4 is 19.8 Å². The van der Waals surface area contributed by atoms with Gasteiger partial charge in [0.1, 0.15) is 12.2 Å². The summed E-state index contributed by atoms with van der Waals surface area (Å²) in [5.74, 6) is 0.455. The van der Waals surface area contributed by atoms with Gasteiger partial charge in [0.2, 0.25) is 5.75 Å². The lowest BCUT2D eigenvalue weighted by atomic mass is 10.0. The van der Waals surface area contributed by atoms with Gasteiger partial charge in [0.05, 0.1) is 26.9 Å². The molecule has 0 aliphatic heterocycles. The van der Waals surface area contributed by atoms with Crippen molar-refractivity contribution in [3.63, 3.8) is 0 Å². The third-order valence-electron chi connectivity index (χ3n) is 4.97. The second kappa shape index (κ2) is 8.39. The summed E-state index contributed by atoms with van der Waals surface area (Å²) < 4.78 is 26.7. The van der Waals surface area contributed by atoms with Gasteiger partial charge in [-0.05, 0) is 29.0 Å². The van der Waals surface area contributed by atoms with Gasteiger partial charge >= 0.3 is 11.6 Å². The number of fused-ring (bicyclic) bond motifs is 3. The molecule has 0 amide bonds. The van der Waals surface area contributed by atoms with Crippen LogP contribution in [0.2, 0.25) is 0 Å². The maximum atomic E-state index is 12.8. The number of carbonyl (C=O) groups excluding carboxylic acids is 1. The zero-order valence-corrected chi connectivity index (χ0v) is 17.3. The van der Waals surface area contributed by atoms with Gasteiger partial charge in [0.25, 0.3) is 0 Å². The zero-order chi connectivity index (χ0) is 22.0. The van der Waals surface area contributed by atoms with E-state index in [0.29, 0.717) is 28.4 Å². The van der Waals surface area contributed by atoms with Crippen LogP contribution in [-0.2, 0) is 11.3 Å². The molecule has 0 aliphatic rings. The molecule has 1 heterocycles. The Morgan fingerprint density at radius 1 is 0.903 bits per heavy atom. The maximum absolute atomic E-state index is 12.8. The van der Waals surface area contributed by atoms with Crippen LogP contribution in [0.1, 0.15) is 15.9 Å². The van der Waals surface area contributed by atoms with Gasteiger partial charge in [-0.25, -0.2) is 9.59 Å². The van der Waals surface area contributed by atoms with E-state index in [1.807, 2.05) is 30.3 Å². The molecule has 0 bridgehead atoms. The number of methoxy groups -OCH3 is 3. The van der Waals surface area contributed by atoms with Gasteiger partial charge in [-0.1, -0.05) is 30.3 Å². The summed E-state index contributed by atoms with van der Waals surface area (Å²) in [7, 11) is 4.41. The smallest absolute Gasteiger partial charge is 0.338 e. The Hall–Kier alpha value is -4.00. The highest BCUT2D eigenvalue weighted by molar-refractivity contribution is 6.07. The molecule has 0 radical (unpaired) electrons. The zero-order valence-electron chi connectivity index (χ0n) is 17.3. The van der Waals surface area contributed by atoms with Gasteiger partial charge in [0, 0.05) is 17.0 Å². The van der Waals surface area contributed by atoms with Crippen LogP contribution in [0.5, 0.6) is 17.2 Å². The third-order valence-corrected chi connectivity index (χ3v) is 4.97. The first kappa shape index (κ1) is 20.3. The Morgan fingerprint density at radius 3 is 2.29 bits per heavy atom. The van der Waals surface area contributed by atoms with Gasteiger partial charge in [0.15, 0.2) is 11.5 Å². The number of benzene rings is 3. The minimum atomic E-state index is -0.596. The third kappa shape index (κ3) is 3.77. The van der Waals surface area contributed by atoms with Gasteiger partial charge in [-0.2, -0.15) is 0 Å². The lowest BCUT2D eigenvalue weighted by Crippen LogP contribution is -2.09. The Kier molecular flexibility index (Phi) is 5.49. The lowest BCUT2D eigenvalue weighted by molar-refractivity contribution is 0.0473. The van der Waals surface area contributed by atoms with Crippen molar-refractivity contribution < 1.29 is 28.2 Å². The molecule has 0 atom stereocenters. The van der Waals surface area contributed by atoms with Crippen molar-refractivity contribution in [2.24, 2.45) is 0 Å². The van der Waals surface area contributed by atoms with E-state index in [2.05, 4.69) is 0 Å². The largest absolute Gasteiger partial charge is 0.493 e. The highest BCUT2D eigenvalue weighted by Crippen LogP contribution is 2.38. The molecule has 0 saturated heterocycles. The first-order valence-electron chi connectivity index (χ1n) is 9.47. The Balaban J connectivity index is 1.71. The molecule has 4 aromatic rings. The summed E-state index contributed by atoms with van der Waals surface area (Å²) in [6.07, 6.45) is 0. The molecule has 4 rings (SSSR count). The van der Waals surface area contributed by atoms with E-state index >= 15 is 0 Å². The summed E-state index contributed by atoms with van der Waals surface area (Å²) in [5, 5.41) is 2.62. The minimum Gasteiger partial charge on any atom is -0.493 e. The van der Waals surface area contributed by atoms with Crippen molar-refractivity contribution in [3.8, 4) is 17.2 Å². The van der Waals surface area contributed by atoms with Gasteiger partial charge in [-0.3, -0.25) is 0 Å². The molecule has 0 aliphatic carbocycles. The number of ether oxygens (including phenoxy) is 4. The normalized spacial score (nSPS) is 10.8. The summed E-state index contributed by atoms with van der Waals surface area (Å²) >= 11 is 0. The molecular weight excluding hydrogens is 400 g/mol. The van der Waals surface area contributed by atoms with Crippen LogP contribution in [0.3, 0.4) is 0 Å². The summed E-state index contributed by atoms with van der Waals surface area (Å²) in [5.41, 5.74) is 0.710. The number of hydrogen-bond acceptors (Lipinski definition) is 7. The average molecular weight is 420 g/mol. The SMILES string of the molecule is COc1cc(C(=O)OCc2cc(=O)oc3ccc4ccccc4c23)cc(OC)c1OC. The molecule has 7 heteroatoms. The molecule has 7 nitrogen and oxygen atoms in total. The molecule has 158 valence electrons. The standard InChI is InChI=1S/C24H20O7/c1-27-19-10-15(11-20(28-2)23(19)29-3)24(26)30-13-16-12-21(25)31-18-9-8-14-6-4-5-7-17(14)22(16)18/h4-12H,13H2,1-3H3. The van der Waals surface area contributed by atoms with Crippen molar-refractivity contribution in [2.45, 2.75) is 6.61 Å². The molecule has 1 aromatic heterocycles. The highest BCUT2D eigenvalue weighted by atomic mass is 16.5. The van der Waals surface area contributed by atoms with Crippen LogP contribution >= 0.6 is 0 Å². The average Bonchev–Trinajstić information content (AvgIpc) is 2.80. The van der Waals surface area contributed by atoms with Crippen molar-refractivity contribution in [2.75, 3.05) is 21.3 Å². The van der Waals surface area contributed by atoms with E-state index in [1.54, 1.807) is 6.07 Å². The maximum Gasteiger partial charge on any atom is 0.338 e. The molecule has 0 fully saturated rings. The minimum absolute atomic E-state index is 0.106. The Morgan fingerprint density at radius 2 is 1.61 bits per heavy atom. The van der Waals surface area contributed by atoms with Crippen LogP contribution in [0.25, 0.3) is 21.7 Å². The Labute approximate surface area is 177 Å². The lowest BCUT2D eigenvalue weighted by Gasteiger charge is -2.14. The fourth-order valence-electron chi connectivity index (χ4n) is 3.56.